The lowest BCUT2D eigenvalue weighted by molar-refractivity contribution is 0.0979. The first-order valence-electron chi connectivity index (χ1n) is 7.01. The smallest absolute Gasteiger partial charge is 0.213 e. The van der Waals surface area contributed by atoms with Gasteiger partial charge in [-0.3, -0.25) is 9.59 Å². The second-order valence-corrected chi connectivity index (χ2v) is 6.41. The molecule has 0 fully saturated rings. The SMILES string of the molecule is Cc1ccc(-c2nc3c(s2)C(=O)c2cc(F)ccc2C3=O)cc1. The largest absolute Gasteiger partial charge is 0.288 e. The van der Waals surface area contributed by atoms with Crippen molar-refractivity contribution in [1.82, 2.24) is 4.98 Å². The van der Waals surface area contributed by atoms with Crippen molar-refractivity contribution in [1.29, 1.82) is 0 Å². The Morgan fingerprint density at radius 1 is 0.957 bits per heavy atom. The van der Waals surface area contributed by atoms with E-state index in [1.54, 1.807) is 0 Å². The first-order valence-corrected chi connectivity index (χ1v) is 7.83. The first kappa shape index (κ1) is 14.0. The maximum atomic E-state index is 13.4. The van der Waals surface area contributed by atoms with Gasteiger partial charge in [-0.05, 0) is 25.1 Å². The molecule has 4 rings (SSSR count). The zero-order valence-corrected chi connectivity index (χ0v) is 12.9. The van der Waals surface area contributed by atoms with E-state index >= 15 is 0 Å². The molecule has 0 atom stereocenters. The number of aryl methyl sites for hydroxylation is 1. The average molecular weight is 323 g/mol. The van der Waals surface area contributed by atoms with Crippen LogP contribution in [0, 0.1) is 12.7 Å². The van der Waals surface area contributed by atoms with Gasteiger partial charge in [0.1, 0.15) is 21.4 Å². The minimum atomic E-state index is -0.531. The lowest BCUT2D eigenvalue weighted by atomic mass is 9.91. The third kappa shape index (κ3) is 2.12. The second-order valence-electron chi connectivity index (χ2n) is 5.41. The van der Waals surface area contributed by atoms with Crippen molar-refractivity contribution in [2.45, 2.75) is 6.92 Å². The predicted molar refractivity (Wildman–Crippen MR) is 85.6 cm³/mol. The van der Waals surface area contributed by atoms with Crippen molar-refractivity contribution in [2.24, 2.45) is 0 Å². The average Bonchev–Trinajstić information content (AvgIpc) is 2.99. The number of halogens is 1. The fourth-order valence-corrected chi connectivity index (χ4v) is 3.62. The van der Waals surface area contributed by atoms with E-state index in [1.807, 2.05) is 31.2 Å². The van der Waals surface area contributed by atoms with Crippen molar-refractivity contribution in [2.75, 3.05) is 0 Å². The summed E-state index contributed by atoms with van der Waals surface area (Å²) in [5, 5.41) is 0.616. The molecule has 0 aliphatic heterocycles. The van der Waals surface area contributed by atoms with Gasteiger partial charge in [-0.15, -0.1) is 11.3 Å². The van der Waals surface area contributed by atoms with Crippen molar-refractivity contribution >= 4 is 22.9 Å². The van der Waals surface area contributed by atoms with Crippen LogP contribution in [0.5, 0.6) is 0 Å². The van der Waals surface area contributed by atoms with Gasteiger partial charge in [0, 0.05) is 16.7 Å². The fourth-order valence-electron chi connectivity index (χ4n) is 2.60. The molecule has 0 unspecified atom stereocenters. The quantitative estimate of drug-likeness (QED) is 0.531. The molecule has 0 amide bonds. The minimum absolute atomic E-state index is 0.113. The summed E-state index contributed by atoms with van der Waals surface area (Å²) in [4.78, 5) is 29.7. The summed E-state index contributed by atoms with van der Waals surface area (Å²) < 4.78 is 13.4. The van der Waals surface area contributed by atoms with E-state index in [0.717, 1.165) is 17.2 Å². The van der Waals surface area contributed by atoms with E-state index in [-0.39, 0.29) is 33.3 Å². The molecule has 0 saturated carbocycles. The summed E-state index contributed by atoms with van der Waals surface area (Å²) in [5.74, 6) is -1.20. The molecule has 1 heterocycles. The number of ketones is 2. The van der Waals surface area contributed by atoms with Crippen LogP contribution in [0.3, 0.4) is 0 Å². The number of rotatable bonds is 1. The standard InChI is InChI=1S/C18H10FNO2S/c1-9-2-4-10(5-3-9)18-20-14-15(21)12-7-6-11(19)8-13(12)16(22)17(14)23-18/h2-8H,1H3. The highest BCUT2D eigenvalue weighted by Gasteiger charge is 2.33. The topological polar surface area (TPSA) is 47.0 Å². The Hall–Kier alpha value is -2.66. The Bertz CT molecular complexity index is 973. The fraction of sp³-hybridized carbons (Fsp3) is 0.0556. The third-order valence-corrected chi connectivity index (χ3v) is 4.92. The van der Waals surface area contributed by atoms with Crippen LogP contribution in [0.1, 0.15) is 36.9 Å². The van der Waals surface area contributed by atoms with Gasteiger partial charge in [0.2, 0.25) is 11.6 Å². The van der Waals surface area contributed by atoms with E-state index in [9.17, 15) is 14.0 Å². The van der Waals surface area contributed by atoms with Gasteiger partial charge in [-0.1, -0.05) is 29.8 Å². The van der Waals surface area contributed by atoms with Crippen LogP contribution in [-0.4, -0.2) is 16.6 Å². The Kier molecular flexibility index (Phi) is 2.99. The molecule has 0 radical (unpaired) electrons. The normalized spacial score (nSPS) is 13.0. The third-order valence-electron chi connectivity index (χ3n) is 3.82. The number of hydrogen-bond donors (Lipinski definition) is 0. The molecule has 112 valence electrons. The van der Waals surface area contributed by atoms with Crippen LogP contribution in [0.15, 0.2) is 42.5 Å². The van der Waals surface area contributed by atoms with Crippen LogP contribution in [0.2, 0.25) is 0 Å². The van der Waals surface area contributed by atoms with E-state index < -0.39 is 5.82 Å². The van der Waals surface area contributed by atoms with Crippen LogP contribution >= 0.6 is 11.3 Å². The first-order chi connectivity index (χ1) is 11.0. The molecule has 1 aliphatic rings. The molecule has 1 aromatic heterocycles. The molecule has 3 nitrogen and oxygen atoms in total. The summed E-state index contributed by atoms with van der Waals surface area (Å²) in [7, 11) is 0. The maximum Gasteiger partial charge on any atom is 0.213 e. The monoisotopic (exact) mass is 323 g/mol. The zero-order chi connectivity index (χ0) is 16.1. The lowest BCUT2D eigenvalue weighted by Crippen LogP contribution is -2.19. The molecule has 0 spiro atoms. The van der Waals surface area contributed by atoms with Crippen molar-refractivity contribution in [3.63, 3.8) is 0 Å². The number of thiazole rings is 1. The number of benzene rings is 2. The summed E-state index contributed by atoms with van der Waals surface area (Å²) in [6, 6.07) is 11.3. The molecular formula is C18H10FNO2S. The highest BCUT2D eigenvalue weighted by molar-refractivity contribution is 7.17. The van der Waals surface area contributed by atoms with Gasteiger partial charge in [0.05, 0.1) is 0 Å². The van der Waals surface area contributed by atoms with E-state index in [0.29, 0.717) is 5.01 Å². The van der Waals surface area contributed by atoms with Gasteiger partial charge in [0.15, 0.2) is 0 Å². The summed E-state index contributed by atoms with van der Waals surface area (Å²) >= 11 is 1.17. The van der Waals surface area contributed by atoms with E-state index in [4.69, 9.17) is 0 Å². The Labute approximate surface area is 135 Å². The number of hydrogen-bond acceptors (Lipinski definition) is 4. The molecule has 3 aromatic rings. The van der Waals surface area contributed by atoms with Crippen molar-refractivity contribution in [3.05, 3.63) is 75.5 Å². The molecule has 23 heavy (non-hydrogen) atoms. The van der Waals surface area contributed by atoms with Gasteiger partial charge >= 0.3 is 0 Å². The summed E-state index contributed by atoms with van der Waals surface area (Å²) in [6.07, 6.45) is 0. The van der Waals surface area contributed by atoms with Gasteiger partial charge in [0.25, 0.3) is 0 Å². The van der Waals surface area contributed by atoms with Gasteiger partial charge < -0.3 is 0 Å². The molecular weight excluding hydrogens is 313 g/mol. The molecule has 5 heteroatoms. The Morgan fingerprint density at radius 3 is 2.43 bits per heavy atom. The number of fused-ring (bicyclic) bond motifs is 2. The number of carbonyl (C=O) groups excluding carboxylic acids is 2. The molecule has 1 aliphatic carbocycles. The van der Waals surface area contributed by atoms with Crippen molar-refractivity contribution in [3.8, 4) is 10.6 Å². The molecule has 0 bridgehead atoms. The Balaban J connectivity index is 1.88. The van der Waals surface area contributed by atoms with E-state index in [2.05, 4.69) is 4.98 Å². The Morgan fingerprint density at radius 2 is 1.70 bits per heavy atom. The molecule has 0 saturated heterocycles. The van der Waals surface area contributed by atoms with Crippen LogP contribution in [0.4, 0.5) is 4.39 Å². The predicted octanol–water partition coefficient (Wildman–Crippen LogP) is 4.03. The van der Waals surface area contributed by atoms with Gasteiger partial charge in [-0.2, -0.15) is 0 Å². The number of aromatic nitrogens is 1. The summed E-state index contributed by atoms with van der Waals surface area (Å²) in [6.45, 7) is 1.98. The number of nitrogens with zero attached hydrogens (tertiary/aromatic N) is 1. The van der Waals surface area contributed by atoms with E-state index in [1.165, 1.54) is 23.5 Å². The van der Waals surface area contributed by atoms with Gasteiger partial charge in [-0.25, -0.2) is 9.37 Å². The minimum Gasteiger partial charge on any atom is -0.288 e. The van der Waals surface area contributed by atoms with Crippen LogP contribution in [-0.2, 0) is 0 Å². The maximum absolute atomic E-state index is 13.4. The molecule has 0 N–H and O–H groups in total. The lowest BCUT2D eigenvalue weighted by Gasteiger charge is -2.12. The van der Waals surface area contributed by atoms with Crippen molar-refractivity contribution < 1.29 is 14.0 Å². The highest BCUT2D eigenvalue weighted by Crippen LogP contribution is 2.35. The van der Waals surface area contributed by atoms with Crippen LogP contribution in [0.25, 0.3) is 10.6 Å². The van der Waals surface area contributed by atoms with Crippen LogP contribution < -0.4 is 0 Å². The highest BCUT2D eigenvalue weighted by atomic mass is 32.1. The second kappa shape index (κ2) is 4.93. The number of carbonyl (C=O) groups is 2. The molecule has 2 aromatic carbocycles. The zero-order valence-electron chi connectivity index (χ0n) is 12.1. The summed E-state index contributed by atoms with van der Waals surface area (Å²) in [5.41, 5.74) is 2.46.